The van der Waals surface area contributed by atoms with E-state index in [9.17, 15) is 4.79 Å². The predicted molar refractivity (Wildman–Crippen MR) is 90.2 cm³/mol. The van der Waals surface area contributed by atoms with Crippen molar-refractivity contribution in [2.45, 2.75) is 17.9 Å². The number of carbonyl (C=O) groups excluding carboxylic acids is 1. The van der Waals surface area contributed by atoms with Gasteiger partial charge < -0.3 is 5.32 Å². The van der Waals surface area contributed by atoms with E-state index in [0.29, 0.717) is 15.8 Å². The Kier molecular flexibility index (Phi) is 5.97. The zero-order chi connectivity index (χ0) is 15.2. The second kappa shape index (κ2) is 7.74. The molecule has 1 amide bonds. The molecule has 0 saturated carbocycles. The van der Waals surface area contributed by atoms with Crippen LogP contribution in [0.2, 0.25) is 10.0 Å². The van der Waals surface area contributed by atoms with Crippen molar-refractivity contribution in [1.29, 1.82) is 0 Å². The van der Waals surface area contributed by atoms with E-state index in [1.807, 2.05) is 55.5 Å². The lowest BCUT2D eigenvalue weighted by atomic mass is 10.1. The highest BCUT2D eigenvalue weighted by Gasteiger charge is 2.12. The Hall–Kier alpha value is -1.16. The molecule has 2 rings (SSSR count). The second-order valence-electron chi connectivity index (χ2n) is 4.53. The van der Waals surface area contributed by atoms with E-state index in [0.717, 1.165) is 10.5 Å². The van der Waals surface area contributed by atoms with Gasteiger partial charge in [-0.05, 0) is 30.7 Å². The Bertz CT molecular complexity index is 633. The Labute approximate surface area is 138 Å². The fourth-order valence-corrected chi connectivity index (χ4v) is 3.24. The molecule has 2 aromatic rings. The number of benzene rings is 2. The minimum Gasteiger partial charge on any atom is -0.349 e. The lowest BCUT2D eigenvalue weighted by molar-refractivity contribution is -0.119. The molecular weight excluding hydrogens is 325 g/mol. The third kappa shape index (κ3) is 4.67. The summed E-state index contributed by atoms with van der Waals surface area (Å²) in [5, 5.41) is 4.26. The van der Waals surface area contributed by atoms with Crippen LogP contribution in [-0.4, -0.2) is 11.7 Å². The van der Waals surface area contributed by atoms with Gasteiger partial charge in [0.05, 0.1) is 16.8 Å². The zero-order valence-corrected chi connectivity index (χ0v) is 13.8. The Morgan fingerprint density at radius 2 is 1.71 bits per heavy atom. The van der Waals surface area contributed by atoms with Crippen molar-refractivity contribution in [2.75, 3.05) is 5.75 Å². The predicted octanol–water partition coefficient (Wildman–Crippen LogP) is 4.96. The molecule has 0 aliphatic rings. The number of rotatable bonds is 5. The van der Waals surface area contributed by atoms with Crippen molar-refractivity contribution in [3.8, 4) is 0 Å². The van der Waals surface area contributed by atoms with Crippen LogP contribution in [0.3, 0.4) is 0 Å². The van der Waals surface area contributed by atoms with Crippen molar-refractivity contribution in [1.82, 2.24) is 5.32 Å². The van der Waals surface area contributed by atoms with Gasteiger partial charge in [-0.2, -0.15) is 0 Å². The van der Waals surface area contributed by atoms with Crippen LogP contribution in [0.4, 0.5) is 0 Å². The van der Waals surface area contributed by atoms with Crippen LogP contribution < -0.4 is 5.32 Å². The van der Waals surface area contributed by atoms with Crippen molar-refractivity contribution in [2.24, 2.45) is 0 Å². The van der Waals surface area contributed by atoms with Crippen molar-refractivity contribution in [3.63, 3.8) is 0 Å². The fourth-order valence-electron chi connectivity index (χ4n) is 1.89. The average Bonchev–Trinajstić information content (AvgIpc) is 2.46. The number of thioether (sulfide) groups is 1. The molecule has 21 heavy (non-hydrogen) atoms. The summed E-state index contributed by atoms with van der Waals surface area (Å²) in [5.41, 5.74) is 0.912. The molecule has 1 N–H and O–H groups in total. The molecule has 2 aromatic carbocycles. The first-order valence-electron chi connectivity index (χ1n) is 6.49. The first-order chi connectivity index (χ1) is 10.1. The maximum absolute atomic E-state index is 12.0. The number of halogens is 2. The van der Waals surface area contributed by atoms with Gasteiger partial charge in [0.1, 0.15) is 0 Å². The van der Waals surface area contributed by atoms with Gasteiger partial charge in [-0.1, -0.05) is 53.5 Å². The summed E-state index contributed by atoms with van der Waals surface area (Å²) < 4.78 is 0. The second-order valence-corrected chi connectivity index (χ2v) is 6.36. The van der Waals surface area contributed by atoms with Gasteiger partial charge in [0.25, 0.3) is 0 Å². The molecule has 0 aromatic heterocycles. The molecular formula is C16H15Cl2NOS. The van der Waals surface area contributed by atoms with E-state index >= 15 is 0 Å². The van der Waals surface area contributed by atoms with Gasteiger partial charge in [-0.3, -0.25) is 4.79 Å². The SMILES string of the molecule is C[C@H](NC(=O)CSc1ccccc1Cl)c1ccccc1Cl. The molecule has 0 bridgehead atoms. The van der Waals surface area contributed by atoms with Crippen molar-refractivity contribution in [3.05, 3.63) is 64.1 Å². The quantitative estimate of drug-likeness (QED) is 0.779. The lowest BCUT2D eigenvalue weighted by Crippen LogP contribution is -2.28. The first-order valence-corrected chi connectivity index (χ1v) is 8.23. The average molecular weight is 340 g/mol. The molecule has 110 valence electrons. The van der Waals surface area contributed by atoms with Crippen molar-refractivity contribution < 1.29 is 4.79 Å². The number of amides is 1. The van der Waals surface area contributed by atoms with Crippen LogP contribution in [0.1, 0.15) is 18.5 Å². The van der Waals surface area contributed by atoms with Crippen LogP contribution in [0, 0.1) is 0 Å². The highest BCUT2D eigenvalue weighted by molar-refractivity contribution is 8.00. The van der Waals surface area contributed by atoms with Crippen LogP contribution in [0.15, 0.2) is 53.4 Å². The Morgan fingerprint density at radius 1 is 1.10 bits per heavy atom. The van der Waals surface area contributed by atoms with Gasteiger partial charge in [-0.15, -0.1) is 11.8 Å². The summed E-state index contributed by atoms with van der Waals surface area (Å²) >= 11 is 13.6. The molecule has 2 nitrogen and oxygen atoms in total. The minimum absolute atomic E-state index is 0.0488. The van der Waals surface area contributed by atoms with E-state index in [-0.39, 0.29) is 11.9 Å². The normalized spacial score (nSPS) is 12.0. The summed E-state index contributed by atoms with van der Waals surface area (Å²) in [6.07, 6.45) is 0. The fraction of sp³-hybridized carbons (Fsp3) is 0.188. The van der Waals surface area contributed by atoms with E-state index in [1.54, 1.807) is 0 Å². The summed E-state index contributed by atoms with van der Waals surface area (Å²) in [5.74, 6) is 0.269. The van der Waals surface area contributed by atoms with E-state index in [2.05, 4.69) is 5.32 Å². The number of nitrogens with one attached hydrogen (secondary N) is 1. The van der Waals surface area contributed by atoms with Gasteiger partial charge in [0, 0.05) is 9.92 Å². The number of carbonyl (C=O) groups is 1. The van der Waals surface area contributed by atoms with Gasteiger partial charge >= 0.3 is 0 Å². The third-order valence-electron chi connectivity index (χ3n) is 2.94. The maximum Gasteiger partial charge on any atom is 0.230 e. The van der Waals surface area contributed by atoms with Crippen molar-refractivity contribution >= 4 is 40.9 Å². The number of hydrogen-bond donors (Lipinski definition) is 1. The monoisotopic (exact) mass is 339 g/mol. The standard InChI is InChI=1S/C16H15Cl2NOS/c1-11(12-6-2-3-7-13(12)17)19-16(20)10-21-15-9-5-4-8-14(15)18/h2-9,11H,10H2,1H3,(H,19,20)/t11-/m0/s1. The molecule has 0 spiro atoms. The third-order valence-corrected chi connectivity index (χ3v) is 4.80. The van der Waals surface area contributed by atoms with E-state index < -0.39 is 0 Å². The summed E-state index contributed by atoms with van der Waals surface area (Å²) in [6.45, 7) is 1.92. The van der Waals surface area contributed by atoms with Crippen LogP contribution in [0.25, 0.3) is 0 Å². The highest BCUT2D eigenvalue weighted by Crippen LogP contribution is 2.27. The van der Waals surface area contributed by atoms with Gasteiger partial charge in [-0.25, -0.2) is 0 Å². The number of hydrogen-bond acceptors (Lipinski definition) is 2. The van der Waals surface area contributed by atoms with E-state index in [1.165, 1.54) is 11.8 Å². The smallest absolute Gasteiger partial charge is 0.230 e. The van der Waals surface area contributed by atoms with Crippen LogP contribution in [-0.2, 0) is 4.79 Å². The molecule has 0 aliphatic heterocycles. The molecule has 5 heteroatoms. The topological polar surface area (TPSA) is 29.1 Å². The summed E-state index contributed by atoms with van der Waals surface area (Å²) in [4.78, 5) is 12.9. The largest absolute Gasteiger partial charge is 0.349 e. The Morgan fingerprint density at radius 3 is 2.38 bits per heavy atom. The molecule has 0 fully saturated rings. The van der Waals surface area contributed by atoms with Crippen LogP contribution >= 0.6 is 35.0 Å². The zero-order valence-electron chi connectivity index (χ0n) is 11.5. The molecule has 0 aliphatic carbocycles. The molecule has 0 heterocycles. The summed E-state index contributed by atoms with van der Waals surface area (Å²) in [6, 6.07) is 14.9. The van der Waals surface area contributed by atoms with E-state index in [4.69, 9.17) is 23.2 Å². The van der Waals surface area contributed by atoms with Crippen LogP contribution in [0.5, 0.6) is 0 Å². The highest BCUT2D eigenvalue weighted by atomic mass is 35.5. The summed E-state index contributed by atoms with van der Waals surface area (Å²) in [7, 11) is 0. The Balaban J connectivity index is 1.90. The van der Waals surface area contributed by atoms with Gasteiger partial charge in [0.15, 0.2) is 0 Å². The molecule has 1 atom stereocenters. The first kappa shape index (κ1) is 16.2. The van der Waals surface area contributed by atoms with Gasteiger partial charge in [0.2, 0.25) is 5.91 Å². The maximum atomic E-state index is 12.0. The molecule has 0 unspecified atom stereocenters. The minimum atomic E-state index is -0.127. The molecule has 0 radical (unpaired) electrons. The molecule has 0 saturated heterocycles. The lowest BCUT2D eigenvalue weighted by Gasteiger charge is -2.15.